The minimum absolute atomic E-state index is 0.0494. The van der Waals surface area contributed by atoms with Gasteiger partial charge in [0.05, 0.1) is 19.0 Å². The van der Waals surface area contributed by atoms with Gasteiger partial charge in [0.15, 0.2) is 0 Å². The first-order valence-corrected chi connectivity index (χ1v) is 15.2. The number of likely N-dealkylation sites (N-methyl/N-ethyl adjacent to an activating group) is 1. The molecule has 1 N–H and O–H groups in total. The maximum Gasteiger partial charge on any atom is 0.308 e. The topological polar surface area (TPSA) is 107 Å². The normalized spacial score (nSPS) is 11.7. The Hall–Kier alpha value is -4.14. The Labute approximate surface area is 254 Å². The lowest BCUT2D eigenvalue weighted by molar-refractivity contribution is -0.135. The van der Waals surface area contributed by atoms with Crippen LogP contribution in [0.2, 0.25) is 0 Å². The van der Waals surface area contributed by atoms with E-state index in [9.17, 15) is 19.2 Å². The first-order chi connectivity index (χ1) is 20.6. The largest absolute Gasteiger partial charge is 0.497 e. The Morgan fingerprint density at radius 2 is 1.60 bits per heavy atom. The smallest absolute Gasteiger partial charge is 0.308 e. The summed E-state index contributed by atoms with van der Waals surface area (Å²) >= 11 is 0. The van der Waals surface area contributed by atoms with Crippen LogP contribution in [0.5, 0.6) is 11.5 Å². The van der Waals surface area contributed by atoms with Crippen LogP contribution in [0.1, 0.15) is 87.3 Å². The van der Waals surface area contributed by atoms with Crippen LogP contribution in [-0.2, 0) is 20.8 Å². The van der Waals surface area contributed by atoms with E-state index < -0.39 is 12.0 Å². The molecule has 0 saturated heterocycles. The fourth-order valence-corrected chi connectivity index (χ4v) is 5.25. The molecule has 0 aliphatic rings. The lowest BCUT2D eigenvalue weighted by Crippen LogP contribution is -2.48. The number of amides is 2. The van der Waals surface area contributed by atoms with Crippen molar-refractivity contribution in [1.29, 1.82) is 0 Å². The Morgan fingerprint density at radius 1 is 0.930 bits per heavy atom. The van der Waals surface area contributed by atoms with Crippen molar-refractivity contribution in [2.75, 3.05) is 20.7 Å². The fourth-order valence-electron chi connectivity index (χ4n) is 5.25. The van der Waals surface area contributed by atoms with Crippen LogP contribution < -0.4 is 14.8 Å². The maximum atomic E-state index is 13.7. The van der Waals surface area contributed by atoms with Crippen LogP contribution >= 0.6 is 0 Å². The first-order valence-electron chi connectivity index (χ1n) is 15.2. The number of ether oxygens (including phenoxy) is 2. The van der Waals surface area contributed by atoms with Crippen molar-refractivity contribution in [3.63, 3.8) is 0 Å². The molecule has 1 unspecified atom stereocenters. The number of nitrogens with zero attached hydrogens (tertiary/aromatic N) is 2. The Balaban J connectivity index is 1.96. The van der Waals surface area contributed by atoms with Crippen molar-refractivity contribution >= 4 is 34.6 Å². The average molecular weight is 592 g/mol. The van der Waals surface area contributed by atoms with Gasteiger partial charge in [0.2, 0.25) is 11.8 Å². The second-order valence-corrected chi connectivity index (χ2v) is 11.0. The van der Waals surface area contributed by atoms with Gasteiger partial charge in [-0.3, -0.25) is 23.7 Å². The molecule has 9 heteroatoms. The number of esters is 1. The minimum Gasteiger partial charge on any atom is -0.497 e. The van der Waals surface area contributed by atoms with Crippen molar-refractivity contribution in [2.24, 2.45) is 0 Å². The molecule has 43 heavy (non-hydrogen) atoms. The molecule has 9 nitrogen and oxygen atoms in total. The van der Waals surface area contributed by atoms with E-state index in [4.69, 9.17) is 9.47 Å². The van der Waals surface area contributed by atoms with Crippen molar-refractivity contribution in [3.05, 3.63) is 59.3 Å². The molecule has 1 atom stereocenters. The summed E-state index contributed by atoms with van der Waals surface area (Å²) in [5, 5.41) is 3.62. The van der Waals surface area contributed by atoms with Crippen molar-refractivity contribution < 1.29 is 28.7 Å². The zero-order valence-corrected chi connectivity index (χ0v) is 26.3. The molecule has 0 aliphatic heterocycles. The summed E-state index contributed by atoms with van der Waals surface area (Å²) in [5.41, 5.74) is 2.26. The number of hydrogen-bond donors (Lipinski definition) is 1. The third-order valence-corrected chi connectivity index (χ3v) is 7.65. The van der Waals surface area contributed by atoms with Gasteiger partial charge in [0.1, 0.15) is 17.5 Å². The van der Waals surface area contributed by atoms with E-state index in [1.807, 2.05) is 0 Å². The number of benzene rings is 2. The molecular weight excluding hydrogens is 546 g/mol. The number of rotatable bonds is 15. The molecule has 1 aromatic heterocycles. The van der Waals surface area contributed by atoms with Gasteiger partial charge in [-0.15, -0.1) is 0 Å². The molecule has 0 spiro atoms. The van der Waals surface area contributed by atoms with E-state index in [1.54, 1.807) is 73.0 Å². The number of methoxy groups -OCH3 is 1. The molecule has 2 amide bonds. The van der Waals surface area contributed by atoms with Gasteiger partial charge < -0.3 is 19.7 Å². The molecule has 0 saturated carbocycles. The molecule has 3 rings (SSSR count). The Morgan fingerprint density at radius 3 is 2.23 bits per heavy atom. The fraction of sp³-hybridized carbons (Fsp3) is 0.471. The second kappa shape index (κ2) is 15.9. The van der Waals surface area contributed by atoms with E-state index in [0.29, 0.717) is 52.2 Å². The highest BCUT2D eigenvalue weighted by molar-refractivity contribution is 6.05. The van der Waals surface area contributed by atoms with E-state index in [2.05, 4.69) is 19.2 Å². The number of unbranched alkanes of at least 4 members (excludes halogenated alkanes) is 4. The summed E-state index contributed by atoms with van der Waals surface area (Å²) in [6.07, 6.45) is 6.37. The number of fused-ring (bicyclic) bond motifs is 1. The summed E-state index contributed by atoms with van der Waals surface area (Å²) in [5.74, 6) is -0.191. The SMILES string of the molecule is CCCCCCC(NC(=O)Cc1c(C)n(C(=O)c2ccc(OC)cc2)c2ccc(OC(C)=O)cc12)C(=O)N(C)CCCC. The highest BCUT2D eigenvalue weighted by Crippen LogP contribution is 2.31. The number of hydrogen-bond acceptors (Lipinski definition) is 6. The molecule has 1 heterocycles. The van der Waals surface area contributed by atoms with Gasteiger partial charge in [-0.2, -0.15) is 0 Å². The number of nitrogens with one attached hydrogen (secondary N) is 1. The van der Waals surface area contributed by atoms with E-state index in [1.165, 1.54) is 6.92 Å². The molecule has 0 radical (unpaired) electrons. The predicted octanol–water partition coefficient (Wildman–Crippen LogP) is 5.83. The van der Waals surface area contributed by atoms with E-state index >= 15 is 0 Å². The standard InChI is InChI=1S/C34H45N3O6/c1-7-9-11-12-13-30(34(41)36(5)20-10-8-2)35-32(39)22-28-23(3)37(33(40)25-14-16-26(42-6)17-15-25)31-19-18-27(21-29(28)31)43-24(4)38/h14-19,21,30H,7-13,20,22H2,1-6H3,(H,35,39). The summed E-state index contributed by atoms with van der Waals surface area (Å²) in [6, 6.07) is 11.2. The highest BCUT2D eigenvalue weighted by Gasteiger charge is 2.26. The number of aromatic nitrogens is 1. The molecule has 232 valence electrons. The third kappa shape index (κ3) is 8.69. The lowest BCUT2D eigenvalue weighted by Gasteiger charge is -2.25. The highest BCUT2D eigenvalue weighted by atomic mass is 16.5. The average Bonchev–Trinajstić information content (AvgIpc) is 3.26. The van der Waals surface area contributed by atoms with Crippen LogP contribution in [0.25, 0.3) is 10.9 Å². The zero-order valence-electron chi connectivity index (χ0n) is 26.3. The predicted molar refractivity (Wildman–Crippen MR) is 168 cm³/mol. The van der Waals surface area contributed by atoms with Crippen molar-refractivity contribution in [2.45, 2.75) is 85.1 Å². The second-order valence-electron chi connectivity index (χ2n) is 11.0. The summed E-state index contributed by atoms with van der Waals surface area (Å²) in [7, 11) is 3.34. The molecule has 0 fully saturated rings. The van der Waals surface area contributed by atoms with Gasteiger partial charge in [0, 0.05) is 37.2 Å². The van der Waals surface area contributed by atoms with Crippen LogP contribution in [-0.4, -0.2) is 59.9 Å². The van der Waals surface area contributed by atoms with Crippen LogP contribution in [0.3, 0.4) is 0 Å². The van der Waals surface area contributed by atoms with Crippen molar-refractivity contribution in [1.82, 2.24) is 14.8 Å². The minimum atomic E-state index is -0.627. The summed E-state index contributed by atoms with van der Waals surface area (Å²) < 4.78 is 12.1. The molecule has 3 aromatic rings. The summed E-state index contributed by atoms with van der Waals surface area (Å²) in [4.78, 5) is 54.0. The zero-order chi connectivity index (χ0) is 31.5. The molecule has 0 bridgehead atoms. The number of carbonyl (C=O) groups excluding carboxylic acids is 4. The van der Waals surface area contributed by atoms with Gasteiger partial charge >= 0.3 is 5.97 Å². The Kier molecular flexibility index (Phi) is 12.3. The monoisotopic (exact) mass is 591 g/mol. The molecule has 2 aromatic carbocycles. The van der Waals surface area contributed by atoms with E-state index in [-0.39, 0.29) is 24.1 Å². The van der Waals surface area contributed by atoms with Gasteiger partial charge in [-0.1, -0.05) is 46.0 Å². The van der Waals surface area contributed by atoms with Crippen LogP contribution in [0.4, 0.5) is 0 Å². The Bertz CT molecular complexity index is 1430. The van der Waals surface area contributed by atoms with Crippen LogP contribution in [0, 0.1) is 6.92 Å². The van der Waals surface area contributed by atoms with Gasteiger partial charge in [-0.05, 0) is 67.8 Å². The third-order valence-electron chi connectivity index (χ3n) is 7.65. The molecule has 0 aliphatic carbocycles. The van der Waals surface area contributed by atoms with Gasteiger partial charge in [0.25, 0.3) is 5.91 Å². The maximum absolute atomic E-state index is 13.7. The summed E-state index contributed by atoms with van der Waals surface area (Å²) in [6.45, 7) is 7.95. The quantitative estimate of drug-likeness (QED) is 0.135. The lowest BCUT2D eigenvalue weighted by atomic mass is 10.0. The van der Waals surface area contributed by atoms with Crippen molar-refractivity contribution in [3.8, 4) is 11.5 Å². The van der Waals surface area contributed by atoms with Gasteiger partial charge in [-0.25, -0.2) is 0 Å². The molecular formula is C34H45N3O6. The van der Waals surface area contributed by atoms with E-state index in [0.717, 1.165) is 38.5 Å². The van der Waals surface area contributed by atoms with Crippen LogP contribution in [0.15, 0.2) is 42.5 Å². The first kappa shape index (κ1) is 33.4. The number of carbonyl (C=O) groups is 4.